The van der Waals surface area contributed by atoms with Gasteiger partial charge in [-0.05, 0) is 55.6 Å². The molecular formula is C22H31N3O. The van der Waals surface area contributed by atoms with E-state index in [9.17, 15) is 4.79 Å². The highest BCUT2D eigenvalue weighted by atomic mass is 16.2. The van der Waals surface area contributed by atoms with Gasteiger partial charge in [0.1, 0.15) is 0 Å². The van der Waals surface area contributed by atoms with Crippen LogP contribution in [-0.2, 0) is 11.2 Å². The molecule has 1 saturated carbocycles. The quantitative estimate of drug-likeness (QED) is 0.727. The summed E-state index contributed by atoms with van der Waals surface area (Å²) in [5.74, 6) is 1.97. The number of hydrogen-bond acceptors (Lipinski definition) is 3. The van der Waals surface area contributed by atoms with Crippen molar-refractivity contribution in [3.63, 3.8) is 0 Å². The summed E-state index contributed by atoms with van der Waals surface area (Å²) in [4.78, 5) is 21.1. The third-order valence-corrected chi connectivity index (χ3v) is 5.59. The minimum absolute atomic E-state index is 0.165. The number of hydrogen-bond donors (Lipinski definition) is 0. The Morgan fingerprint density at radius 3 is 2.69 bits per heavy atom. The van der Waals surface area contributed by atoms with Crippen molar-refractivity contribution in [2.45, 2.75) is 32.6 Å². The fraction of sp³-hybridized carbons (Fsp3) is 0.545. The van der Waals surface area contributed by atoms with Crippen molar-refractivity contribution in [2.24, 2.45) is 11.8 Å². The summed E-state index contributed by atoms with van der Waals surface area (Å²) in [6.45, 7) is 5.40. The van der Waals surface area contributed by atoms with Gasteiger partial charge in [-0.3, -0.25) is 9.78 Å². The molecule has 2 aromatic rings. The van der Waals surface area contributed by atoms with Gasteiger partial charge in [0.2, 0.25) is 5.91 Å². The van der Waals surface area contributed by atoms with Crippen LogP contribution in [0.25, 0.3) is 10.8 Å². The first-order valence-electron chi connectivity index (χ1n) is 9.77. The Labute approximate surface area is 157 Å². The zero-order valence-corrected chi connectivity index (χ0v) is 16.3. The lowest BCUT2D eigenvalue weighted by Crippen LogP contribution is -2.35. The number of fused-ring (bicyclic) bond motifs is 1. The molecule has 1 amide bonds. The molecular weight excluding hydrogens is 322 g/mol. The number of carbonyl (C=O) groups excluding carboxylic acids is 1. The summed E-state index contributed by atoms with van der Waals surface area (Å²) in [6.07, 6.45) is 7.87. The molecule has 3 rings (SSSR count). The summed E-state index contributed by atoms with van der Waals surface area (Å²) < 4.78 is 0. The molecule has 0 saturated heterocycles. The fourth-order valence-electron chi connectivity index (χ4n) is 4.07. The zero-order chi connectivity index (χ0) is 18.5. The van der Waals surface area contributed by atoms with Crippen LogP contribution in [0.15, 0.2) is 36.7 Å². The molecule has 1 fully saturated rings. The molecule has 140 valence electrons. The first-order valence-corrected chi connectivity index (χ1v) is 9.77. The monoisotopic (exact) mass is 353 g/mol. The molecule has 4 heteroatoms. The van der Waals surface area contributed by atoms with Gasteiger partial charge in [-0.2, -0.15) is 0 Å². The van der Waals surface area contributed by atoms with Gasteiger partial charge in [0.15, 0.2) is 0 Å². The van der Waals surface area contributed by atoms with Crippen molar-refractivity contribution in [1.82, 2.24) is 14.8 Å². The third-order valence-electron chi connectivity index (χ3n) is 5.59. The Hall–Kier alpha value is -1.94. The Bertz CT molecular complexity index is 734. The summed E-state index contributed by atoms with van der Waals surface area (Å²) in [6, 6.07) is 8.12. The van der Waals surface area contributed by atoms with E-state index in [2.05, 4.69) is 29.9 Å². The molecule has 1 aliphatic rings. The fourth-order valence-corrected chi connectivity index (χ4v) is 4.07. The van der Waals surface area contributed by atoms with Gasteiger partial charge >= 0.3 is 0 Å². The van der Waals surface area contributed by atoms with E-state index in [0.29, 0.717) is 6.42 Å². The Morgan fingerprint density at radius 1 is 1.15 bits per heavy atom. The second kappa shape index (κ2) is 8.63. The summed E-state index contributed by atoms with van der Waals surface area (Å²) >= 11 is 0. The van der Waals surface area contributed by atoms with Crippen LogP contribution in [0.5, 0.6) is 0 Å². The predicted molar refractivity (Wildman–Crippen MR) is 107 cm³/mol. The van der Waals surface area contributed by atoms with Crippen LogP contribution in [0, 0.1) is 11.8 Å². The van der Waals surface area contributed by atoms with Crippen LogP contribution in [-0.4, -0.2) is 54.4 Å². The van der Waals surface area contributed by atoms with Crippen LogP contribution >= 0.6 is 0 Å². The molecule has 0 radical (unpaired) electrons. The van der Waals surface area contributed by atoms with E-state index >= 15 is 0 Å². The average Bonchev–Trinajstić information content (AvgIpc) is 2.60. The van der Waals surface area contributed by atoms with Gasteiger partial charge in [0, 0.05) is 37.9 Å². The molecule has 0 spiro atoms. The van der Waals surface area contributed by atoms with Gasteiger partial charge in [0.25, 0.3) is 0 Å². The van der Waals surface area contributed by atoms with Gasteiger partial charge in [-0.25, -0.2) is 0 Å². The zero-order valence-electron chi connectivity index (χ0n) is 16.3. The predicted octanol–water partition coefficient (Wildman–Crippen LogP) is 3.60. The smallest absolute Gasteiger partial charge is 0.226 e. The van der Waals surface area contributed by atoms with E-state index in [-0.39, 0.29) is 5.91 Å². The van der Waals surface area contributed by atoms with E-state index in [0.717, 1.165) is 47.7 Å². The average molecular weight is 354 g/mol. The van der Waals surface area contributed by atoms with Crippen molar-refractivity contribution in [3.05, 3.63) is 42.2 Å². The number of benzene rings is 1. The van der Waals surface area contributed by atoms with E-state index in [1.54, 1.807) is 0 Å². The lowest BCUT2D eigenvalue weighted by atomic mass is 9.76. The number of aromatic nitrogens is 1. The Balaban J connectivity index is 1.44. The maximum atomic E-state index is 12.6. The number of rotatable bonds is 8. The Morgan fingerprint density at radius 2 is 1.92 bits per heavy atom. The van der Waals surface area contributed by atoms with Crippen LogP contribution in [0.4, 0.5) is 0 Å². The minimum Gasteiger partial charge on any atom is -0.345 e. The maximum absolute atomic E-state index is 12.6. The van der Waals surface area contributed by atoms with Crippen molar-refractivity contribution in [3.8, 4) is 0 Å². The van der Waals surface area contributed by atoms with E-state index in [1.807, 2.05) is 42.5 Å². The molecule has 26 heavy (non-hydrogen) atoms. The molecule has 4 nitrogen and oxygen atoms in total. The van der Waals surface area contributed by atoms with E-state index < -0.39 is 0 Å². The summed E-state index contributed by atoms with van der Waals surface area (Å²) in [5.41, 5.74) is 1.01. The molecule has 1 aromatic heterocycles. The van der Waals surface area contributed by atoms with E-state index in [1.165, 1.54) is 19.4 Å². The van der Waals surface area contributed by atoms with Crippen LogP contribution < -0.4 is 0 Å². The van der Waals surface area contributed by atoms with Crippen molar-refractivity contribution >= 4 is 16.7 Å². The molecule has 1 aromatic carbocycles. The number of amides is 1. The second-order valence-electron chi connectivity index (χ2n) is 8.07. The molecule has 0 aliphatic heterocycles. The minimum atomic E-state index is 0.165. The first kappa shape index (κ1) is 18.8. The van der Waals surface area contributed by atoms with Gasteiger partial charge in [-0.1, -0.05) is 31.2 Å². The topological polar surface area (TPSA) is 36.4 Å². The molecule has 1 heterocycles. The number of likely N-dealkylation sites (N-methyl/N-ethyl adjacent to an activating group) is 1. The standard InChI is InChI=1S/C22H31N3O/c1-17-11-18(12-17)16-24(2)9-6-10-25(3)22(26)13-20-15-23-14-19-7-4-5-8-21(19)20/h4-5,7-8,14-15,17-18H,6,9-13,16H2,1-3H3. The molecule has 0 unspecified atom stereocenters. The highest BCUT2D eigenvalue weighted by Crippen LogP contribution is 2.33. The lowest BCUT2D eigenvalue weighted by Gasteiger charge is -2.35. The van der Waals surface area contributed by atoms with Gasteiger partial charge in [-0.15, -0.1) is 0 Å². The largest absolute Gasteiger partial charge is 0.345 e. The van der Waals surface area contributed by atoms with Gasteiger partial charge in [0.05, 0.1) is 6.42 Å². The molecule has 0 bridgehead atoms. The SMILES string of the molecule is CC1CC(CN(C)CCCN(C)C(=O)Cc2cncc3ccccc23)C1. The maximum Gasteiger partial charge on any atom is 0.226 e. The van der Waals surface area contributed by atoms with Crippen molar-refractivity contribution in [1.29, 1.82) is 0 Å². The Kier molecular flexibility index (Phi) is 6.25. The second-order valence-corrected chi connectivity index (χ2v) is 8.07. The third kappa shape index (κ3) is 4.82. The summed E-state index contributed by atoms with van der Waals surface area (Å²) in [7, 11) is 4.11. The van der Waals surface area contributed by atoms with Gasteiger partial charge < -0.3 is 9.80 Å². The highest BCUT2D eigenvalue weighted by Gasteiger charge is 2.25. The molecule has 0 N–H and O–H groups in total. The molecule has 1 aliphatic carbocycles. The highest BCUT2D eigenvalue weighted by molar-refractivity contribution is 5.89. The van der Waals surface area contributed by atoms with Crippen LogP contribution in [0.2, 0.25) is 0 Å². The van der Waals surface area contributed by atoms with Crippen LogP contribution in [0.1, 0.15) is 31.7 Å². The van der Waals surface area contributed by atoms with Crippen molar-refractivity contribution in [2.75, 3.05) is 33.7 Å². The van der Waals surface area contributed by atoms with Crippen molar-refractivity contribution < 1.29 is 4.79 Å². The summed E-state index contributed by atoms with van der Waals surface area (Å²) in [5, 5.41) is 2.21. The number of carbonyl (C=O) groups is 1. The first-order chi connectivity index (χ1) is 12.5. The number of pyridine rings is 1. The van der Waals surface area contributed by atoms with E-state index in [4.69, 9.17) is 0 Å². The normalized spacial score (nSPS) is 19.5. The lowest BCUT2D eigenvalue weighted by molar-refractivity contribution is -0.129. The number of nitrogens with zero attached hydrogens (tertiary/aromatic N) is 3. The van der Waals surface area contributed by atoms with Crippen LogP contribution in [0.3, 0.4) is 0 Å². The molecule has 0 atom stereocenters.